The molecule has 1 aliphatic rings. The lowest BCUT2D eigenvalue weighted by molar-refractivity contribution is -0.118. The van der Waals surface area contributed by atoms with E-state index in [1.54, 1.807) is 18.2 Å². The van der Waals surface area contributed by atoms with Crippen molar-refractivity contribution in [1.29, 1.82) is 0 Å². The molecule has 1 atom stereocenters. The van der Waals surface area contributed by atoms with Crippen molar-refractivity contribution in [3.63, 3.8) is 0 Å². The van der Waals surface area contributed by atoms with Gasteiger partial charge >= 0.3 is 0 Å². The van der Waals surface area contributed by atoms with Crippen molar-refractivity contribution in [2.75, 3.05) is 17.2 Å². The molecule has 2 aromatic carbocycles. The van der Waals surface area contributed by atoms with Gasteiger partial charge in [0.2, 0.25) is 5.91 Å². The summed E-state index contributed by atoms with van der Waals surface area (Å²) in [6, 6.07) is 10.7. The van der Waals surface area contributed by atoms with E-state index >= 15 is 0 Å². The van der Waals surface area contributed by atoms with Crippen LogP contribution in [0.2, 0.25) is 0 Å². The Balaban J connectivity index is 1.60. The van der Waals surface area contributed by atoms with E-state index in [0.717, 1.165) is 11.3 Å². The van der Waals surface area contributed by atoms with E-state index in [1.165, 1.54) is 24.3 Å². The molecule has 0 saturated heterocycles. The summed E-state index contributed by atoms with van der Waals surface area (Å²) >= 11 is 0. The average Bonchev–Trinajstić information content (AvgIpc) is 2.82. The van der Waals surface area contributed by atoms with Gasteiger partial charge < -0.3 is 15.4 Å². The van der Waals surface area contributed by atoms with Gasteiger partial charge in [-0.2, -0.15) is 0 Å². The summed E-state index contributed by atoms with van der Waals surface area (Å²) in [5, 5.41) is 5.48. The molecule has 2 aromatic rings. The van der Waals surface area contributed by atoms with Crippen molar-refractivity contribution in [2.45, 2.75) is 12.8 Å². The highest BCUT2D eigenvalue weighted by atomic mass is 19.1. The van der Waals surface area contributed by atoms with Crippen LogP contribution < -0.4 is 15.4 Å². The number of carbonyl (C=O) groups is 2. The van der Waals surface area contributed by atoms with E-state index in [9.17, 15) is 14.0 Å². The van der Waals surface area contributed by atoms with Gasteiger partial charge in [0.1, 0.15) is 11.6 Å². The molecule has 0 fully saturated rings. The van der Waals surface area contributed by atoms with E-state index in [-0.39, 0.29) is 30.2 Å². The Bertz CT molecular complexity index is 759. The van der Waals surface area contributed by atoms with E-state index in [2.05, 4.69) is 10.6 Å². The maximum absolute atomic E-state index is 12.8. The third-order valence-electron chi connectivity index (χ3n) is 3.64. The molecule has 0 spiro atoms. The molecule has 1 heterocycles. The molecular formula is C17H15FN2O3. The smallest absolute Gasteiger partial charge is 0.262 e. The second-order valence-corrected chi connectivity index (χ2v) is 5.30. The Morgan fingerprint density at radius 3 is 2.74 bits per heavy atom. The molecule has 0 radical (unpaired) electrons. The molecule has 2 N–H and O–H groups in total. The third-order valence-corrected chi connectivity index (χ3v) is 3.64. The molecule has 6 heteroatoms. The van der Waals surface area contributed by atoms with Gasteiger partial charge in [-0.05, 0) is 55.0 Å². The molecule has 1 unspecified atom stereocenters. The normalized spacial score (nSPS) is 15.7. The Morgan fingerprint density at radius 2 is 2.00 bits per heavy atom. The van der Waals surface area contributed by atoms with Crippen molar-refractivity contribution in [3.05, 3.63) is 53.8 Å². The van der Waals surface area contributed by atoms with Gasteiger partial charge in [0.25, 0.3) is 5.91 Å². The fourth-order valence-corrected chi connectivity index (χ4v) is 2.37. The van der Waals surface area contributed by atoms with Crippen molar-refractivity contribution in [1.82, 2.24) is 0 Å². The van der Waals surface area contributed by atoms with Gasteiger partial charge in [-0.1, -0.05) is 0 Å². The Hall–Kier alpha value is -2.89. The van der Waals surface area contributed by atoms with Crippen LogP contribution in [0.15, 0.2) is 42.5 Å². The summed E-state index contributed by atoms with van der Waals surface area (Å²) in [5.74, 6) is -0.573. The van der Waals surface area contributed by atoms with Crippen LogP contribution in [0.25, 0.3) is 0 Å². The van der Waals surface area contributed by atoms with Crippen LogP contribution in [0, 0.1) is 5.82 Å². The maximum Gasteiger partial charge on any atom is 0.262 e. The van der Waals surface area contributed by atoms with Crippen LogP contribution in [-0.2, 0) is 9.59 Å². The average molecular weight is 314 g/mol. The second kappa shape index (κ2) is 6.08. The summed E-state index contributed by atoms with van der Waals surface area (Å²) in [7, 11) is 0. The van der Waals surface area contributed by atoms with E-state index in [4.69, 9.17) is 4.74 Å². The summed E-state index contributed by atoms with van der Waals surface area (Å²) in [4.78, 5) is 23.5. The molecule has 2 amide bonds. The zero-order chi connectivity index (χ0) is 16.4. The quantitative estimate of drug-likeness (QED) is 0.912. The number of amides is 2. The number of anilines is 2. The van der Waals surface area contributed by atoms with Crippen LogP contribution in [0.4, 0.5) is 15.8 Å². The maximum atomic E-state index is 12.8. The van der Waals surface area contributed by atoms with Crippen LogP contribution in [0.3, 0.4) is 0 Å². The lowest BCUT2D eigenvalue weighted by atomic mass is 10.0. The number of nitrogens with one attached hydrogen (secondary N) is 2. The fourth-order valence-electron chi connectivity index (χ4n) is 2.37. The summed E-state index contributed by atoms with van der Waals surface area (Å²) in [6.07, 6.45) is 0. The highest BCUT2D eigenvalue weighted by Gasteiger charge is 2.26. The summed E-state index contributed by atoms with van der Waals surface area (Å²) in [6.45, 7) is 1.62. The first-order chi connectivity index (χ1) is 11.0. The SMILES string of the molecule is CC1C(=O)Nc2ccc(NC(=O)COc3ccc(F)cc3)cc21. The summed E-state index contributed by atoms with van der Waals surface area (Å²) < 4.78 is 18.1. The highest BCUT2D eigenvalue weighted by molar-refractivity contribution is 6.03. The predicted molar refractivity (Wildman–Crippen MR) is 84.0 cm³/mol. The Kier molecular flexibility index (Phi) is 3.97. The predicted octanol–water partition coefficient (Wildman–Crippen LogP) is 2.90. The minimum Gasteiger partial charge on any atom is -0.484 e. The lowest BCUT2D eigenvalue weighted by Gasteiger charge is -2.09. The molecule has 3 rings (SSSR count). The number of fused-ring (bicyclic) bond motifs is 1. The zero-order valence-corrected chi connectivity index (χ0v) is 12.4. The minimum atomic E-state index is -0.364. The van der Waals surface area contributed by atoms with Crippen LogP contribution in [0.1, 0.15) is 18.4 Å². The van der Waals surface area contributed by atoms with E-state index in [0.29, 0.717) is 11.4 Å². The zero-order valence-electron chi connectivity index (χ0n) is 12.4. The molecule has 0 aliphatic carbocycles. The van der Waals surface area contributed by atoms with Gasteiger partial charge in [0, 0.05) is 11.4 Å². The Morgan fingerprint density at radius 1 is 1.26 bits per heavy atom. The standard InChI is InChI=1S/C17H15FN2O3/c1-10-14-8-12(4-7-15(14)20-17(10)22)19-16(21)9-23-13-5-2-11(18)3-6-13/h2-8,10H,9H2,1H3,(H,19,21)(H,20,22). The number of hydrogen-bond donors (Lipinski definition) is 2. The first-order valence-electron chi connectivity index (χ1n) is 7.16. The van der Waals surface area contributed by atoms with Crippen molar-refractivity contribution in [2.24, 2.45) is 0 Å². The second-order valence-electron chi connectivity index (χ2n) is 5.30. The molecule has 0 aromatic heterocycles. The van der Waals surface area contributed by atoms with Gasteiger partial charge in [0.15, 0.2) is 6.61 Å². The number of benzene rings is 2. The lowest BCUT2D eigenvalue weighted by Crippen LogP contribution is -2.20. The largest absolute Gasteiger partial charge is 0.484 e. The van der Waals surface area contributed by atoms with Gasteiger partial charge in [0.05, 0.1) is 5.92 Å². The first-order valence-corrected chi connectivity index (χ1v) is 7.16. The van der Waals surface area contributed by atoms with Gasteiger partial charge in [-0.15, -0.1) is 0 Å². The van der Waals surface area contributed by atoms with Gasteiger partial charge in [-0.3, -0.25) is 9.59 Å². The van der Waals surface area contributed by atoms with Crippen LogP contribution in [-0.4, -0.2) is 18.4 Å². The van der Waals surface area contributed by atoms with Crippen LogP contribution >= 0.6 is 0 Å². The monoisotopic (exact) mass is 314 g/mol. The molecule has 0 bridgehead atoms. The molecule has 118 valence electrons. The number of hydrogen-bond acceptors (Lipinski definition) is 3. The van der Waals surface area contributed by atoms with Crippen LogP contribution in [0.5, 0.6) is 5.75 Å². The highest BCUT2D eigenvalue weighted by Crippen LogP contribution is 2.33. The van der Waals surface area contributed by atoms with E-state index in [1.807, 2.05) is 6.92 Å². The van der Waals surface area contributed by atoms with Crippen molar-refractivity contribution < 1.29 is 18.7 Å². The van der Waals surface area contributed by atoms with Crippen molar-refractivity contribution >= 4 is 23.2 Å². The summed E-state index contributed by atoms with van der Waals surface area (Å²) in [5.41, 5.74) is 2.22. The van der Waals surface area contributed by atoms with Crippen molar-refractivity contribution in [3.8, 4) is 5.75 Å². The van der Waals surface area contributed by atoms with E-state index < -0.39 is 0 Å². The van der Waals surface area contributed by atoms with Gasteiger partial charge in [-0.25, -0.2) is 4.39 Å². The Labute approximate surface area is 132 Å². The minimum absolute atomic E-state index is 0.0527. The molecule has 1 aliphatic heterocycles. The molecule has 23 heavy (non-hydrogen) atoms. The fraction of sp³-hybridized carbons (Fsp3) is 0.176. The third kappa shape index (κ3) is 3.31. The molecule has 5 nitrogen and oxygen atoms in total. The molecular weight excluding hydrogens is 299 g/mol. The number of carbonyl (C=O) groups excluding carboxylic acids is 2. The number of halogens is 1. The number of ether oxygens (including phenoxy) is 1. The first kappa shape index (κ1) is 15.0. The topological polar surface area (TPSA) is 67.4 Å². The number of rotatable bonds is 4. The molecule has 0 saturated carbocycles.